The third-order valence-electron chi connectivity index (χ3n) is 8.18. The molecule has 26 heavy (non-hydrogen) atoms. The van der Waals surface area contributed by atoms with Crippen LogP contribution in [0.4, 0.5) is 0 Å². The fourth-order valence-corrected chi connectivity index (χ4v) is 6.81. The molecule has 1 N–H and O–H groups in total. The van der Waals surface area contributed by atoms with Crippen LogP contribution >= 0.6 is 0 Å². The van der Waals surface area contributed by atoms with Crippen LogP contribution in [0.2, 0.25) is 0 Å². The van der Waals surface area contributed by atoms with Gasteiger partial charge in [0.1, 0.15) is 11.5 Å². The van der Waals surface area contributed by atoms with Crippen LogP contribution in [0.25, 0.3) is 0 Å². The van der Waals surface area contributed by atoms with E-state index in [2.05, 4.69) is 17.9 Å². The Morgan fingerprint density at radius 1 is 1.27 bits per heavy atom. The van der Waals surface area contributed by atoms with Crippen LogP contribution in [0.15, 0.2) is 18.2 Å². The van der Waals surface area contributed by atoms with Gasteiger partial charge in [-0.25, -0.2) is 0 Å². The van der Waals surface area contributed by atoms with Crippen molar-refractivity contribution in [1.82, 2.24) is 4.90 Å². The van der Waals surface area contributed by atoms with E-state index in [9.17, 15) is 9.90 Å². The molecule has 1 aromatic carbocycles. The summed E-state index contributed by atoms with van der Waals surface area (Å²) in [5.41, 5.74) is 2.66. The molecule has 1 saturated heterocycles. The second-order valence-electron chi connectivity index (χ2n) is 9.42. The first-order valence-electron chi connectivity index (χ1n) is 10.7. The van der Waals surface area contributed by atoms with Crippen LogP contribution in [0.1, 0.15) is 63.0 Å². The highest BCUT2D eigenvalue weighted by Gasteiger charge is 2.58. The van der Waals surface area contributed by atoms with Gasteiger partial charge in [0, 0.05) is 30.8 Å². The highest BCUT2D eigenvalue weighted by Crippen LogP contribution is 2.58. The maximum absolute atomic E-state index is 12.7. The Kier molecular flexibility index (Phi) is 3.93. The van der Waals surface area contributed by atoms with Crippen molar-refractivity contribution in [1.29, 1.82) is 0 Å². The number of benzene rings is 1. The molecule has 3 aliphatic carbocycles. The summed E-state index contributed by atoms with van der Waals surface area (Å²) in [5, 5.41) is 10.2. The summed E-state index contributed by atoms with van der Waals surface area (Å²) < 4.78 is 0. The van der Waals surface area contributed by atoms with Gasteiger partial charge in [-0.2, -0.15) is 0 Å². The predicted octanol–water partition coefficient (Wildman–Crippen LogP) is 4.07. The minimum absolute atomic E-state index is 0.0247. The quantitative estimate of drug-likeness (QED) is 0.891. The first-order chi connectivity index (χ1) is 12.6. The Labute approximate surface area is 156 Å². The minimum Gasteiger partial charge on any atom is -0.508 e. The van der Waals surface area contributed by atoms with Crippen molar-refractivity contribution in [3.05, 3.63) is 29.3 Å². The molecular weight excluding hydrogens is 322 g/mol. The fourth-order valence-electron chi connectivity index (χ4n) is 6.81. The van der Waals surface area contributed by atoms with Gasteiger partial charge in [-0.3, -0.25) is 9.69 Å². The van der Waals surface area contributed by atoms with Gasteiger partial charge in [-0.1, -0.05) is 25.8 Å². The molecule has 5 rings (SSSR count). The maximum atomic E-state index is 12.7. The molecule has 0 amide bonds. The summed E-state index contributed by atoms with van der Waals surface area (Å²) in [6, 6.07) is 6.54. The zero-order valence-corrected chi connectivity index (χ0v) is 15.9. The van der Waals surface area contributed by atoms with E-state index in [-0.39, 0.29) is 5.41 Å². The highest BCUT2D eigenvalue weighted by molar-refractivity contribution is 5.82. The molecule has 3 nitrogen and oxygen atoms in total. The summed E-state index contributed by atoms with van der Waals surface area (Å²) in [4.78, 5) is 15.5. The fraction of sp³-hybridized carbons (Fsp3) is 0.696. The van der Waals surface area contributed by atoms with E-state index >= 15 is 0 Å². The van der Waals surface area contributed by atoms with Crippen molar-refractivity contribution >= 4 is 5.78 Å². The molecule has 0 spiro atoms. The standard InChI is InChI=1S/C23H31NO2/c1-2-16-10-19(26)13-23-8-9-24(14-15-4-3-5-15)21(22(16)23)11-17-6-7-18(25)12-20(17)23/h6-7,12,15-16,21-22,25H,2-5,8-11,13-14H2,1H3/t16?,21-,22+,23-/m1/s1. The van der Waals surface area contributed by atoms with E-state index in [0.717, 1.165) is 38.1 Å². The van der Waals surface area contributed by atoms with Gasteiger partial charge >= 0.3 is 0 Å². The molecular formula is C23H31NO2. The van der Waals surface area contributed by atoms with Crippen molar-refractivity contribution in [3.63, 3.8) is 0 Å². The first-order valence-corrected chi connectivity index (χ1v) is 10.7. The number of hydrogen-bond donors (Lipinski definition) is 1. The number of Topliss-reactive ketones (excluding diaryl/α,β-unsaturated/α-hetero) is 1. The third kappa shape index (κ3) is 2.39. The summed E-state index contributed by atoms with van der Waals surface area (Å²) in [6.45, 7) is 4.65. The van der Waals surface area contributed by atoms with E-state index in [0.29, 0.717) is 35.8 Å². The van der Waals surface area contributed by atoms with Crippen molar-refractivity contribution in [2.75, 3.05) is 13.1 Å². The normalized spacial score (nSPS) is 37.0. The van der Waals surface area contributed by atoms with E-state index < -0.39 is 0 Å². The Hall–Kier alpha value is -1.35. The first kappa shape index (κ1) is 16.8. The van der Waals surface area contributed by atoms with E-state index in [1.165, 1.54) is 36.9 Å². The van der Waals surface area contributed by atoms with Gasteiger partial charge in [0.05, 0.1) is 0 Å². The maximum Gasteiger partial charge on any atom is 0.134 e. The lowest BCUT2D eigenvalue weighted by molar-refractivity contribution is -0.132. The lowest BCUT2D eigenvalue weighted by Gasteiger charge is -2.61. The molecule has 1 unspecified atom stereocenters. The number of carbonyl (C=O) groups is 1. The molecule has 0 radical (unpaired) electrons. The number of aromatic hydroxyl groups is 1. The summed E-state index contributed by atoms with van der Waals surface area (Å²) >= 11 is 0. The highest BCUT2D eigenvalue weighted by atomic mass is 16.3. The lowest BCUT2D eigenvalue weighted by atomic mass is 9.49. The molecule has 2 bridgehead atoms. The van der Waals surface area contributed by atoms with Crippen LogP contribution in [0.3, 0.4) is 0 Å². The molecule has 4 aliphatic rings. The number of likely N-dealkylation sites (tertiary alicyclic amines) is 1. The van der Waals surface area contributed by atoms with Crippen molar-refractivity contribution in [2.24, 2.45) is 17.8 Å². The molecule has 3 heteroatoms. The van der Waals surface area contributed by atoms with Gasteiger partial charge in [-0.15, -0.1) is 0 Å². The summed E-state index contributed by atoms with van der Waals surface area (Å²) in [5.74, 6) is 2.78. The van der Waals surface area contributed by atoms with Crippen molar-refractivity contribution in [3.8, 4) is 5.75 Å². The largest absolute Gasteiger partial charge is 0.508 e. The molecule has 1 heterocycles. The second-order valence-corrected chi connectivity index (χ2v) is 9.42. The Morgan fingerprint density at radius 2 is 2.12 bits per heavy atom. The molecule has 2 saturated carbocycles. The monoisotopic (exact) mass is 353 g/mol. The summed E-state index contributed by atoms with van der Waals surface area (Å²) in [7, 11) is 0. The second kappa shape index (κ2) is 6.09. The van der Waals surface area contributed by atoms with Gasteiger partial charge in [0.2, 0.25) is 0 Å². The van der Waals surface area contributed by atoms with E-state index in [1.54, 1.807) is 0 Å². The smallest absolute Gasteiger partial charge is 0.134 e. The number of phenols is 1. The number of rotatable bonds is 3. The molecule has 140 valence electrons. The molecule has 3 fully saturated rings. The number of fused-ring (bicyclic) bond motifs is 1. The van der Waals surface area contributed by atoms with E-state index in [4.69, 9.17) is 0 Å². The number of carbonyl (C=O) groups excluding carboxylic acids is 1. The van der Waals surface area contributed by atoms with Crippen molar-refractivity contribution < 1.29 is 9.90 Å². The number of piperidine rings is 1. The molecule has 4 atom stereocenters. The van der Waals surface area contributed by atoms with Gasteiger partial charge < -0.3 is 5.11 Å². The van der Waals surface area contributed by atoms with E-state index in [1.807, 2.05) is 12.1 Å². The number of phenolic OH excluding ortho intramolecular Hbond substituents is 1. The molecule has 1 aromatic rings. The number of nitrogens with zero attached hydrogens (tertiary/aromatic N) is 1. The Bertz CT molecular complexity index is 725. The van der Waals surface area contributed by atoms with Crippen LogP contribution in [0, 0.1) is 17.8 Å². The number of ketones is 1. The predicted molar refractivity (Wildman–Crippen MR) is 102 cm³/mol. The SMILES string of the molecule is CCC1CC(=O)C[C@]23CCN(CC4CCC4)[C@H](Cc4ccc(O)cc42)[C@H]13. The van der Waals surface area contributed by atoms with Crippen LogP contribution in [0.5, 0.6) is 5.75 Å². The van der Waals surface area contributed by atoms with Gasteiger partial charge in [-0.05, 0) is 73.2 Å². The van der Waals surface area contributed by atoms with Crippen LogP contribution in [-0.4, -0.2) is 34.9 Å². The third-order valence-corrected chi connectivity index (χ3v) is 8.18. The molecule has 0 aromatic heterocycles. The Morgan fingerprint density at radius 3 is 2.85 bits per heavy atom. The van der Waals surface area contributed by atoms with Gasteiger partial charge in [0.15, 0.2) is 0 Å². The van der Waals surface area contributed by atoms with Crippen molar-refractivity contribution in [2.45, 2.75) is 69.7 Å². The summed E-state index contributed by atoms with van der Waals surface area (Å²) in [6.07, 6.45) is 8.95. The Balaban J connectivity index is 1.59. The minimum atomic E-state index is -0.0247. The van der Waals surface area contributed by atoms with Gasteiger partial charge in [0.25, 0.3) is 0 Å². The van der Waals surface area contributed by atoms with Crippen LogP contribution < -0.4 is 0 Å². The number of hydrogen-bond acceptors (Lipinski definition) is 3. The van der Waals surface area contributed by atoms with Crippen LogP contribution in [-0.2, 0) is 16.6 Å². The zero-order chi connectivity index (χ0) is 17.9. The zero-order valence-electron chi connectivity index (χ0n) is 15.9. The lowest BCUT2D eigenvalue weighted by Crippen LogP contribution is -2.64. The average molecular weight is 354 g/mol. The topological polar surface area (TPSA) is 40.5 Å². The average Bonchev–Trinajstić information content (AvgIpc) is 2.59. The molecule has 1 aliphatic heterocycles.